The molecule has 0 saturated heterocycles. The van der Waals surface area contributed by atoms with Gasteiger partial charge in [0.25, 0.3) is 0 Å². The lowest BCUT2D eigenvalue weighted by molar-refractivity contribution is -0.138. The van der Waals surface area contributed by atoms with Gasteiger partial charge in [0.05, 0.1) is 12.0 Å². The summed E-state index contributed by atoms with van der Waals surface area (Å²) in [5.74, 6) is -0.956. The number of hydrogen-bond acceptors (Lipinski definition) is 3. The Morgan fingerprint density at radius 1 is 1.37 bits per heavy atom. The second-order valence-corrected chi connectivity index (χ2v) is 5.21. The summed E-state index contributed by atoms with van der Waals surface area (Å²) in [5.41, 5.74) is 0.0761. The minimum atomic E-state index is -0.956. The molecular weight excluding hydrogens is 361 g/mol. The first-order valence-electron chi connectivity index (χ1n) is 5.72. The lowest BCUT2D eigenvalue weighted by atomic mass is 10.0. The Labute approximate surface area is 125 Å². The van der Waals surface area contributed by atoms with E-state index in [-0.39, 0.29) is 13.0 Å². The molecule has 0 radical (unpaired) electrons. The molecule has 1 atom stereocenters. The molecular formula is C13H16INO4. The molecule has 1 aromatic carbocycles. The Morgan fingerprint density at radius 2 is 2.00 bits per heavy atom. The fourth-order valence-electron chi connectivity index (χ4n) is 1.46. The monoisotopic (exact) mass is 377 g/mol. The quantitative estimate of drug-likeness (QED) is 0.590. The van der Waals surface area contributed by atoms with E-state index >= 15 is 0 Å². The first-order valence-corrected chi connectivity index (χ1v) is 7.24. The van der Waals surface area contributed by atoms with E-state index in [1.54, 1.807) is 6.92 Å². The van der Waals surface area contributed by atoms with E-state index < -0.39 is 17.6 Å². The smallest absolute Gasteiger partial charge is 0.407 e. The Morgan fingerprint density at radius 3 is 2.53 bits per heavy atom. The van der Waals surface area contributed by atoms with Crippen LogP contribution in [0.4, 0.5) is 4.79 Å². The molecule has 19 heavy (non-hydrogen) atoms. The van der Waals surface area contributed by atoms with E-state index in [0.717, 1.165) is 5.56 Å². The van der Waals surface area contributed by atoms with Crippen LogP contribution < -0.4 is 5.32 Å². The number of alkyl carbamates (subject to hydrolysis) is 1. The van der Waals surface area contributed by atoms with E-state index in [4.69, 9.17) is 9.84 Å². The van der Waals surface area contributed by atoms with Crippen molar-refractivity contribution < 1.29 is 19.4 Å². The average molecular weight is 377 g/mol. The number of hydrogen-bond donors (Lipinski definition) is 2. The van der Waals surface area contributed by atoms with Crippen molar-refractivity contribution in [3.05, 3.63) is 35.9 Å². The number of carboxylic acids is 1. The largest absolute Gasteiger partial charge is 0.481 e. The van der Waals surface area contributed by atoms with Crippen LogP contribution in [0.3, 0.4) is 0 Å². The van der Waals surface area contributed by atoms with Crippen LogP contribution in [0.5, 0.6) is 0 Å². The predicted octanol–water partition coefficient (Wildman–Crippen LogP) is 2.58. The van der Waals surface area contributed by atoms with Crippen molar-refractivity contribution in [3.8, 4) is 0 Å². The number of halogens is 1. The number of carbonyl (C=O) groups excluding carboxylic acids is 1. The number of benzene rings is 1. The van der Waals surface area contributed by atoms with E-state index in [9.17, 15) is 9.59 Å². The molecule has 0 aliphatic carbocycles. The molecule has 0 bridgehead atoms. The summed E-state index contributed by atoms with van der Waals surface area (Å²) in [5, 5.41) is 11.4. The fourth-order valence-corrected chi connectivity index (χ4v) is 1.92. The topological polar surface area (TPSA) is 75.6 Å². The summed E-state index contributed by atoms with van der Waals surface area (Å²) in [6.07, 6.45) is -0.750. The molecule has 0 fully saturated rings. The molecule has 6 heteroatoms. The van der Waals surface area contributed by atoms with Crippen LogP contribution in [0.2, 0.25) is 0 Å². The molecule has 0 saturated carbocycles. The first kappa shape index (κ1) is 15.7. The molecule has 1 amide bonds. The minimum absolute atomic E-state index is 0.142. The van der Waals surface area contributed by atoms with E-state index in [1.807, 2.05) is 52.9 Å². The molecule has 1 rings (SSSR count). The Bertz CT molecular complexity index is 438. The van der Waals surface area contributed by atoms with Gasteiger partial charge in [-0.05, 0) is 12.5 Å². The van der Waals surface area contributed by atoms with Gasteiger partial charge < -0.3 is 15.2 Å². The average Bonchev–Trinajstić information content (AvgIpc) is 2.36. The molecule has 0 aliphatic rings. The Balaban J connectivity index is 2.47. The van der Waals surface area contributed by atoms with Crippen molar-refractivity contribution in [3.63, 3.8) is 0 Å². The van der Waals surface area contributed by atoms with Gasteiger partial charge in [-0.2, -0.15) is 0 Å². The molecule has 1 aromatic rings. The summed E-state index contributed by atoms with van der Waals surface area (Å²) in [6.45, 7) is 1.84. The Hall–Kier alpha value is -1.31. The van der Waals surface area contributed by atoms with Gasteiger partial charge in [-0.3, -0.25) is 4.79 Å². The lowest BCUT2D eigenvalue weighted by Gasteiger charge is -2.26. The first-order chi connectivity index (χ1) is 8.95. The zero-order chi connectivity index (χ0) is 14.3. The molecule has 0 heterocycles. The van der Waals surface area contributed by atoms with Crippen molar-refractivity contribution in [2.45, 2.75) is 25.5 Å². The van der Waals surface area contributed by atoms with Gasteiger partial charge in [0, 0.05) is 4.43 Å². The zero-order valence-electron chi connectivity index (χ0n) is 10.6. The third kappa shape index (κ3) is 5.91. The van der Waals surface area contributed by atoms with Crippen LogP contribution in [-0.2, 0) is 16.1 Å². The maximum Gasteiger partial charge on any atom is 0.407 e. The highest BCUT2D eigenvalue weighted by Crippen LogP contribution is 2.14. The highest BCUT2D eigenvalue weighted by atomic mass is 127. The summed E-state index contributed by atoms with van der Waals surface area (Å²) >= 11 is 2.04. The van der Waals surface area contributed by atoms with E-state index in [2.05, 4.69) is 5.32 Å². The summed E-state index contributed by atoms with van der Waals surface area (Å²) < 4.78 is 5.54. The number of alkyl halides is 1. The van der Waals surface area contributed by atoms with E-state index in [1.165, 1.54) is 0 Å². The van der Waals surface area contributed by atoms with Gasteiger partial charge >= 0.3 is 12.1 Å². The number of carbonyl (C=O) groups is 2. The van der Waals surface area contributed by atoms with Crippen LogP contribution in [0.25, 0.3) is 0 Å². The van der Waals surface area contributed by atoms with E-state index in [0.29, 0.717) is 4.43 Å². The second kappa shape index (κ2) is 7.32. The Kier molecular flexibility index (Phi) is 6.07. The van der Waals surface area contributed by atoms with Gasteiger partial charge in [-0.15, -0.1) is 0 Å². The maximum absolute atomic E-state index is 11.6. The number of nitrogens with one attached hydrogen (secondary N) is 1. The molecule has 5 nitrogen and oxygen atoms in total. The van der Waals surface area contributed by atoms with Crippen LogP contribution in [0.15, 0.2) is 30.3 Å². The summed E-state index contributed by atoms with van der Waals surface area (Å²) in [6, 6.07) is 9.29. The van der Waals surface area contributed by atoms with Crippen molar-refractivity contribution in [2.75, 3.05) is 4.43 Å². The zero-order valence-corrected chi connectivity index (χ0v) is 12.7. The third-order valence-corrected chi connectivity index (χ3v) is 4.14. The summed E-state index contributed by atoms with van der Waals surface area (Å²) in [7, 11) is 0. The molecule has 0 spiro atoms. The minimum Gasteiger partial charge on any atom is -0.481 e. The highest BCUT2D eigenvalue weighted by Gasteiger charge is 2.28. The second-order valence-electron chi connectivity index (χ2n) is 4.45. The fraction of sp³-hybridized carbons (Fsp3) is 0.385. The van der Waals surface area contributed by atoms with Crippen LogP contribution in [-0.4, -0.2) is 27.1 Å². The van der Waals surface area contributed by atoms with Crippen molar-refractivity contribution in [1.29, 1.82) is 0 Å². The third-order valence-electron chi connectivity index (χ3n) is 2.45. The standard InChI is InChI=1S/C13H16INO4/c1-13(9-14,7-11(16)17)15-12(18)19-8-10-5-3-2-4-6-10/h2-6H,7-9H2,1H3,(H,15,18)(H,16,17)/t13-/m1/s1. The van der Waals surface area contributed by atoms with Gasteiger partial charge in [0.2, 0.25) is 0 Å². The van der Waals surface area contributed by atoms with Crippen molar-refractivity contribution in [1.82, 2.24) is 5.32 Å². The van der Waals surface area contributed by atoms with Gasteiger partial charge in [-0.1, -0.05) is 52.9 Å². The van der Waals surface area contributed by atoms with Crippen molar-refractivity contribution in [2.24, 2.45) is 0 Å². The highest BCUT2D eigenvalue weighted by molar-refractivity contribution is 14.1. The van der Waals surface area contributed by atoms with Crippen molar-refractivity contribution >= 4 is 34.7 Å². The maximum atomic E-state index is 11.6. The number of carboxylic acid groups (broad SMARTS) is 1. The molecule has 0 unspecified atom stereocenters. The summed E-state index contributed by atoms with van der Waals surface area (Å²) in [4.78, 5) is 22.4. The number of rotatable bonds is 6. The SMILES string of the molecule is C[C@](CI)(CC(=O)O)NC(=O)OCc1ccccc1. The lowest BCUT2D eigenvalue weighted by Crippen LogP contribution is -2.49. The normalized spacial score (nSPS) is 13.4. The number of amides is 1. The number of ether oxygens (including phenoxy) is 1. The van der Waals surface area contributed by atoms with Crippen LogP contribution in [0, 0.1) is 0 Å². The number of aliphatic carboxylic acids is 1. The van der Waals surface area contributed by atoms with Gasteiger partial charge in [0.1, 0.15) is 6.61 Å². The molecule has 104 valence electrons. The van der Waals surface area contributed by atoms with Crippen LogP contribution in [0.1, 0.15) is 18.9 Å². The van der Waals surface area contributed by atoms with Crippen LogP contribution >= 0.6 is 22.6 Å². The molecule has 0 aromatic heterocycles. The van der Waals surface area contributed by atoms with Gasteiger partial charge in [0.15, 0.2) is 0 Å². The predicted molar refractivity (Wildman–Crippen MR) is 79.3 cm³/mol. The molecule has 2 N–H and O–H groups in total. The van der Waals surface area contributed by atoms with Gasteiger partial charge in [-0.25, -0.2) is 4.79 Å². The molecule has 0 aliphatic heterocycles.